The van der Waals surface area contributed by atoms with Gasteiger partial charge in [-0.25, -0.2) is 0 Å². The number of hydrogen-bond donors (Lipinski definition) is 0. The molecule has 0 fully saturated rings. The second kappa shape index (κ2) is 26.7. The first-order chi connectivity index (χ1) is 20.7. The van der Waals surface area contributed by atoms with Crippen LogP contribution in [0.3, 0.4) is 0 Å². The van der Waals surface area contributed by atoms with Crippen LogP contribution in [0.25, 0.3) is 0 Å². The third kappa shape index (κ3) is 18.6. The van der Waals surface area contributed by atoms with Crippen LogP contribution < -0.4 is 0 Å². The number of nitrogens with zero attached hydrogens (tertiary/aromatic N) is 2. The molecule has 0 atom stereocenters. The van der Waals surface area contributed by atoms with Crippen molar-refractivity contribution < 1.29 is 16.5 Å². The van der Waals surface area contributed by atoms with E-state index in [0.717, 1.165) is 30.6 Å². The van der Waals surface area contributed by atoms with Crippen LogP contribution in [0.5, 0.6) is 0 Å². The van der Waals surface area contributed by atoms with E-state index in [-0.39, 0.29) is 16.5 Å². The van der Waals surface area contributed by atoms with Crippen LogP contribution in [-0.4, -0.2) is 11.4 Å². The van der Waals surface area contributed by atoms with Gasteiger partial charge in [0.25, 0.3) is 0 Å². The summed E-state index contributed by atoms with van der Waals surface area (Å²) in [4.78, 5) is 10.5. The van der Waals surface area contributed by atoms with Crippen LogP contribution in [0.2, 0.25) is 0 Å². The normalized spacial score (nSPS) is 12.0. The van der Waals surface area contributed by atoms with Crippen molar-refractivity contribution in [2.75, 3.05) is 0 Å². The van der Waals surface area contributed by atoms with Gasteiger partial charge in [0, 0.05) is 16.5 Å². The van der Waals surface area contributed by atoms with E-state index < -0.39 is 0 Å². The summed E-state index contributed by atoms with van der Waals surface area (Å²) in [6.07, 6.45) is 27.9. The van der Waals surface area contributed by atoms with E-state index in [9.17, 15) is 0 Å². The van der Waals surface area contributed by atoms with Crippen molar-refractivity contribution in [2.45, 2.75) is 169 Å². The smallest absolute Gasteiger partial charge is 0.0633 e. The Balaban J connectivity index is 0.00000924. The zero-order valence-corrected chi connectivity index (χ0v) is 29.4. The van der Waals surface area contributed by atoms with E-state index in [1.54, 1.807) is 0 Å². The van der Waals surface area contributed by atoms with Crippen molar-refractivity contribution in [3.8, 4) is 0 Å². The van der Waals surface area contributed by atoms with Crippen molar-refractivity contribution >= 4 is 22.8 Å². The van der Waals surface area contributed by atoms with Crippen LogP contribution in [0.4, 0.5) is 11.4 Å². The molecule has 2 aromatic carbocycles. The SMILES string of the molecule is CCCCCCCCc1ccc(/N=C(CCCC)/C(CCCCCC)=N/c2ccc(CCCCCCCC)cc2)cc1.[Ni]. The van der Waals surface area contributed by atoms with E-state index >= 15 is 0 Å². The molecule has 0 spiro atoms. The molecule has 0 saturated carbocycles. The monoisotopic (exact) mass is 630 g/mol. The summed E-state index contributed by atoms with van der Waals surface area (Å²) in [5, 5.41) is 0. The Bertz CT molecular complexity index is 975. The molecule has 0 heterocycles. The zero-order chi connectivity index (χ0) is 30.1. The number of aliphatic imine (C=N–C) groups is 2. The Labute approximate surface area is 277 Å². The van der Waals surface area contributed by atoms with Crippen LogP contribution in [0, 0.1) is 0 Å². The third-order valence-corrected chi connectivity index (χ3v) is 8.41. The minimum atomic E-state index is 0. The van der Waals surface area contributed by atoms with Gasteiger partial charge in [-0.2, -0.15) is 0 Å². The maximum atomic E-state index is 5.25. The molecular weight excluding hydrogens is 567 g/mol. The van der Waals surface area contributed by atoms with Gasteiger partial charge in [-0.15, -0.1) is 0 Å². The van der Waals surface area contributed by atoms with Crippen molar-refractivity contribution in [2.24, 2.45) is 9.98 Å². The average Bonchev–Trinajstić information content (AvgIpc) is 3.01. The summed E-state index contributed by atoms with van der Waals surface area (Å²) in [6.45, 7) is 9.13. The number of rotatable bonds is 25. The van der Waals surface area contributed by atoms with Gasteiger partial charge >= 0.3 is 0 Å². The minimum Gasteiger partial charge on any atom is -0.252 e. The van der Waals surface area contributed by atoms with Crippen LogP contribution in [-0.2, 0) is 29.3 Å². The molecule has 2 aromatic rings. The second-order valence-corrected chi connectivity index (χ2v) is 12.4. The molecule has 0 amide bonds. The molecule has 0 bridgehead atoms. The van der Waals surface area contributed by atoms with Gasteiger partial charge in [-0.1, -0.05) is 142 Å². The molecule has 3 heteroatoms. The Kier molecular flexibility index (Phi) is 24.4. The van der Waals surface area contributed by atoms with Gasteiger partial charge in [0.15, 0.2) is 0 Å². The van der Waals surface area contributed by atoms with Gasteiger partial charge in [-0.3, -0.25) is 9.98 Å². The molecule has 0 N–H and O–H groups in total. The topological polar surface area (TPSA) is 24.7 Å². The maximum absolute atomic E-state index is 5.25. The molecule has 43 heavy (non-hydrogen) atoms. The quantitative estimate of drug-likeness (QED) is 0.0592. The average molecular weight is 632 g/mol. The van der Waals surface area contributed by atoms with Crippen LogP contribution in [0.1, 0.15) is 167 Å². The molecule has 0 saturated heterocycles. The number of benzene rings is 2. The van der Waals surface area contributed by atoms with Crippen molar-refractivity contribution in [3.63, 3.8) is 0 Å². The molecule has 0 aliphatic carbocycles. The molecule has 2 rings (SSSR count). The Morgan fingerprint density at radius 3 is 1.12 bits per heavy atom. The molecular formula is C40H64N2Ni. The van der Waals surface area contributed by atoms with Gasteiger partial charge < -0.3 is 0 Å². The van der Waals surface area contributed by atoms with Crippen molar-refractivity contribution in [1.29, 1.82) is 0 Å². The molecule has 0 aliphatic heterocycles. The molecule has 0 aromatic heterocycles. The fourth-order valence-electron chi connectivity index (χ4n) is 5.60. The van der Waals surface area contributed by atoms with Gasteiger partial charge in [0.2, 0.25) is 0 Å². The van der Waals surface area contributed by atoms with Gasteiger partial charge in [0.1, 0.15) is 0 Å². The first-order valence-electron chi connectivity index (χ1n) is 18.0. The Morgan fingerprint density at radius 2 is 0.721 bits per heavy atom. The predicted octanol–water partition coefficient (Wildman–Crippen LogP) is 13.5. The second-order valence-electron chi connectivity index (χ2n) is 12.4. The van der Waals surface area contributed by atoms with E-state index in [4.69, 9.17) is 9.98 Å². The number of aryl methyl sites for hydroxylation is 2. The fraction of sp³-hybridized carbons (Fsp3) is 0.650. The molecule has 0 unspecified atom stereocenters. The van der Waals surface area contributed by atoms with Crippen molar-refractivity contribution in [1.82, 2.24) is 0 Å². The third-order valence-electron chi connectivity index (χ3n) is 8.41. The van der Waals surface area contributed by atoms with E-state index in [1.165, 1.54) is 145 Å². The van der Waals surface area contributed by atoms with Crippen LogP contribution in [0.15, 0.2) is 58.5 Å². The van der Waals surface area contributed by atoms with Crippen molar-refractivity contribution in [3.05, 3.63) is 59.7 Å². The predicted molar refractivity (Wildman–Crippen MR) is 190 cm³/mol. The summed E-state index contributed by atoms with van der Waals surface area (Å²) in [6, 6.07) is 18.1. The summed E-state index contributed by atoms with van der Waals surface area (Å²) in [5.74, 6) is 0. The number of unbranched alkanes of at least 4 members (excludes halogenated alkanes) is 14. The Morgan fingerprint density at radius 1 is 0.395 bits per heavy atom. The molecule has 244 valence electrons. The summed E-state index contributed by atoms with van der Waals surface area (Å²) < 4.78 is 0. The Hall–Kier alpha value is -1.73. The van der Waals surface area contributed by atoms with Gasteiger partial charge in [-0.05, 0) is 86.8 Å². The maximum Gasteiger partial charge on any atom is 0.0633 e. The first kappa shape index (κ1) is 39.3. The summed E-state index contributed by atoms with van der Waals surface area (Å²) >= 11 is 0. The molecule has 0 radical (unpaired) electrons. The van der Waals surface area contributed by atoms with E-state index in [0.29, 0.717) is 0 Å². The fourth-order valence-corrected chi connectivity index (χ4v) is 5.60. The molecule has 2 nitrogen and oxygen atoms in total. The van der Waals surface area contributed by atoms with Gasteiger partial charge in [0.05, 0.1) is 22.8 Å². The first-order valence-corrected chi connectivity index (χ1v) is 18.0. The zero-order valence-electron chi connectivity index (χ0n) is 28.4. The van der Waals surface area contributed by atoms with E-state index in [1.807, 2.05) is 0 Å². The summed E-state index contributed by atoms with van der Waals surface area (Å²) in [5.41, 5.74) is 7.41. The standard InChI is InChI=1S/C40H64N2.Ni/c1-5-9-13-16-18-20-23-35-27-31-37(32-28-35)41-39(25-12-8-4)40(26-22-15-11-7-3)42-38-33-29-36(30-34-38)24-21-19-17-14-10-6-2;/h27-34H,5-26H2,1-4H3;/b41-39+,42-40+;. The minimum absolute atomic E-state index is 0. The molecule has 0 aliphatic rings. The van der Waals surface area contributed by atoms with Crippen LogP contribution >= 0.6 is 0 Å². The summed E-state index contributed by atoms with van der Waals surface area (Å²) in [7, 11) is 0. The largest absolute Gasteiger partial charge is 0.252 e. The number of hydrogen-bond acceptors (Lipinski definition) is 2. The van der Waals surface area contributed by atoms with E-state index in [2.05, 4.69) is 76.2 Å².